The first-order valence-electron chi connectivity index (χ1n) is 7.62. The van der Waals surface area contributed by atoms with E-state index in [0.29, 0.717) is 18.1 Å². The second-order valence-corrected chi connectivity index (χ2v) is 6.26. The third-order valence-electron chi connectivity index (χ3n) is 3.63. The highest BCUT2D eigenvalue weighted by molar-refractivity contribution is 9.10. The van der Waals surface area contributed by atoms with Crippen LogP contribution in [-0.2, 0) is 6.54 Å². The van der Waals surface area contributed by atoms with Crippen LogP contribution < -0.4 is 10.2 Å². The number of carbonyl (C=O) groups excluding carboxylic acids is 1. The van der Waals surface area contributed by atoms with Gasteiger partial charge in [0.15, 0.2) is 0 Å². The SMILES string of the molecule is CN(C(=O)c1ccncc1)c1ccc(CNc2ncc(Br)cn2)cc1. The molecule has 0 unspecified atom stereocenters. The van der Waals surface area contributed by atoms with Crippen LogP contribution in [-0.4, -0.2) is 27.9 Å². The van der Waals surface area contributed by atoms with Crippen LogP contribution in [0.4, 0.5) is 11.6 Å². The maximum atomic E-state index is 12.4. The number of carbonyl (C=O) groups is 1. The van der Waals surface area contributed by atoms with Crippen molar-refractivity contribution in [1.82, 2.24) is 15.0 Å². The maximum absolute atomic E-state index is 12.4. The molecule has 1 N–H and O–H groups in total. The summed E-state index contributed by atoms with van der Waals surface area (Å²) in [5.41, 5.74) is 2.50. The van der Waals surface area contributed by atoms with Crippen molar-refractivity contribution < 1.29 is 4.79 Å². The molecule has 7 heteroatoms. The first-order valence-corrected chi connectivity index (χ1v) is 8.41. The van der Waals surface area contributed by atoms with Crippen LogP contribution >= 0.6 is 15.9 Å². The molecule has 1 aromatic carbocycles. The lowest BCUT2D eigenvalue weighted by molar-refractivity contribution is 0.0993. The third-order valence-corrected chi connectivity index (χ3v) is 4.04. The fourth-order valence-corrected chi connectivity index (χ4v) is 2.43. The molecule has 6 nitrogen and oxygen atoms in total. The Labute approximate surface area is 154 Å². The molecule has 2 aromatic heterocycles. The highest BCUT2D eigenvalue weighted by atomic mass is 79.9. The third kappa shape index (κ3) is 4.39. The minimum Gasteiger partial charge on any atom is -0.350 e. The highest BCUT2D eigenvalue weighted by Crippen LogP contribution is 2.17. The van der Waals surface area contributed by atoms with Crippen molar-refractivity contribution in [3.63, 3.8) is 0 Å². The number of nitrogens with zero attached hydrogens (tertiary/aromatic N) is 4. The summed E-state index contributed by atoms with van der Waals surface area (Å²) in [4.78, 5) is 26.3. The van der Waals surface area contributed by atoms with Gasteiger partial charge in [0.25, 0.3) is 5.91 Å². The number of hydrogen-bond donors (Lipinski definition) is 1. The zero-order valence-electron chi connectivity index (χ0n) is 13.6. The van der Waals surface area contributed by atoms with Crippen LogP contribution in [0.3, 0.4) is 0 Å². The summed E-state index contributed by atoms with van der Waals surface area (Å²) >= 11 is 3.30. The van der Waals surface area contributed by atoms with E-state index in [1.54, 1.807) is 48.9 Å². The summed E-state index contributed by atoms with van der Waals surface area (Å²) in [6.07, 6.45) is 6.61. The quantitative estimate of drug-likeness (QED) is 0.712. The lowest BCUT2D eigenvalue weighted by Crippen LogP contribution is -2.26. The number of aromatic nitrogens is 3. The van der Waals surface area contributed by atoms with Crippen molar-refractivity contribution in [1.29, 1.82) is 0 Å². The second kappa shape index (κ2) is 7.85. The molecular formula is C18H16BrN5O. The van der Waals surface area contributed by atoms with Crippen molar-refractivity contribution in [3.05, 3.63) is 76.8 Å². The van der Waals surface area contributed by atoms with Gasteiger partial charge in [-0.3, -0.25) is 9.78 Å². The first-order chi connectivity index (χ1) is 12.1. The average Bonchev–Trinajstić information content (AvgIpc) is 2.67. The molecule has 0 spiro atoms. The van der Waals surface area contributed by atoms with Crippen LogP contribution in [0.2, 0.25) is 0 Å². The van der Waals surface area contributed by atoms with Crippen LogP contribution in [0.5, 0.6) is 0 Å². The van der Waals surface area contributed by atoms with E-state index < -0.39 is 0 Å². The predicted molar refractivity (Wildman–Crippen MR) is 100 cm³/mol. The van der Waals surface area contributed by atoms with Gasteiger partial charge in [-0.05, 0) is 45.8 Å². The normalized spacial score (nSPS) is 10.3. The molecule has 25 heavy (non-hydrogen) atoms. The van der Waals surface area contributed by atoms with E-state index in [9.17, 15) is 4.79 Å². The Kier molecular flexibility index (Phi) is 5.35. The Hall–Kier alpha value is -2.80. The Morgan fingerprint density at radius 3 is 2.36 bits per heavy atom. The molecular weight excluding hydrogens is 382 g/mol. The van der Waals surface area contributed by atoms with Gasteiger partial charge in [-0.1, -0.05) is 12.1 Å². The lowest BCUT2D eigenvalue weighted by atomic mass is 10.1. The van der Waals surface area contributed by atoms with Crippen molar-refractivity contribution in [2.24, 2.45) is 0 Å². The molecule has 126 valence electrons. The number of halogens is 1. The van der Waals surface area contributed by atoms with Gasteiger partial charge in [0, 0.05) is 49.6 Å². The van der Waals surface area contributed by atoms with Gasteiger partial charge in [-0.15, -0.1) is 0 Å². The Bertz CT molecular complexity index is 838. The largest absolute Gasteiger partial charge is 0.350 e. The lowest BCUT2D eigenvalue weighted by Gasteiger charge is -2.17. The number of benzene rings is 1. The van der Waals surface area contributed by atoms with E-state index in [1.807, 2.05) is 24.3 Å². The number of nitrogens with one attached hydrogen (secondary N) is 1. The minimum absolute atomic E-state index is 0.0727. The molecule has 0 saturated heterocycles. The summed E-state index contributed by atoms with van der Waals surface area (Å²) < 4.78 is 0.837. The van der Waals surface area contributed by atoms with E-state index in [-0.39, 0.29) is 5.91 Å². The van der Waals surface area contributed by atoms with Gasteiger partial charge in [0.1, 0.15) is 0 Å². The van der Waals surface area contributed by atoms with Crippen LogP contribution in [0.25, 0.3) is 0 Å². The standard InChI is InChI=1S/C18H16BrN5O/c1-24(17(25)14-6-8-20-9-7-14)16-4-2-13(3-5-16)10-21-18-22-11-15(19)12-23-18/h2-9,11-12H,10H2,1H3,(H,21,22,23). The summed E-state index contributed by atoms with van der Waals surface area (Å²) in [5.74, 6) is 0.494. The Morgan fingerprint density at radius 2 is 1.72 bits per heavy atom. The van der Waals surface area contributed by atoms with E-state index >= 15 is 0 Å². The molecule has 0 aliphatic carbocycles. The van der Waals surface area contributed by atoms with Crippen molar-refractivity contribution in [3.8, 4) is 0 Å². The smallest absolute Gasteiger partial charge is 0.258 e. The van der Waals surface area contributed by atoms with E-state index in [0.717, 1.165) is 15.7 Å². The van der Waals surface area contributed by atoms with Gasteiger partial charge in [-0.25, -0.2) is 9.97 Å². The summed E-state index contributed by atoms with van der Waals surface area (Å²) in [6, 6.07) is 11.2. The molecule has 0 saturated carbocycles. The van der Waals surface area contributed by atoms with Crippen molar-refractivity contribution in [2.45, 2.75) is 6.54 Å². The zero-order chi connectivity index (χ0) is 17.6. The fourth-order valence-electron chi connectivity index (χ4n) is 2.23. The molecule has 0 fully saturated rings. The Balaban J connectivity index is 1.63. The molecule has 0 aliphatic heterocycles. The van der Waals surface area contributed by atoms with Crippen LogP contribution in [0.1, 0.15) is 15.9 Å². The summed E-state index contributed by atoms with van der Waals surface area (Å²) in [7, 11) is 1.76. The number of pyridine rings is 1. The number of anilines is 2. The zero-order valence-corrected chi connectivity index (χ0v) is 15.1. The average molecular weight is 398 g/mol. The summed E-state index contributed by atoms with van der Waals surface area (Å²) in [5, 5.41) is 3.15. The van der Waals surface area contributed by atoms with E-state index in [1.165, 1.54) is 0 Å². The molecule has 2 heterocycles. The summed E-state index contributed by atoms with van der Waals surface area (Å²) in [6.45, 7) is 0.601. The molecule has 3 rings (SSSR count). The number of hydrogen-bond acceptors (Lipinski definition) is 5. The van der Waals surface area contributed by atoms with Crippen LogP contribution in [0.15, 0.2) is 65.7 Å². The van der Waals surface area contributed by atoms with Gasteiger partial charge < -0.3 is 10.2 Å². The van der Waals surface area contributed by atoms with Gasteiger partial charge in [0.05, 0.1) is 4.47 Å². The number of amides is 1. The molecule has 0 bridgehead atoms. The fraction of sp³-hybridized carbons (Fsp3) is 0.111. The topological polar surface area (TPSA) is 71.0 Å². The van der Waals surface area contributed by atoms with Crippen LogP contribution in [0, 0.1) is 0 Å². The molecule has 1 amide bonds. The molecule has 0 radical (unpaired) electrons. The second-order valence-electron chi connectivity index (χ2n) is 5.34. The Morgan fingerprint density at radius 1 is 1.08 bits per heavy atom. The molecule has 0 aliphatic rings. The minimum atomic E-state index is -0.0727. The number of rotatable bonds is 5. The van der Waals surface area contributed by atoms with Gasteiger partial charge in [-0.2, -0.15) is 0 Å². The maximum Gasteiger partial charge on any atom is 0.258 e. The van der Waals surface area contributed by atoms with Gasteiger partial charge >= 0.3 is 0 Å². The van der Waals surface area contributed by atoms with E-state index in [2.05, 4.69) is 36.2 Å². The van der Waals surface area contributed by atoms with Gasteiger partial charge in [0.2, 0.25) is 5.95 Å². The predicted octanol–water partition coefficient (Wildman–Crippen LogP) is 3.52. The first kappa shape index (κ1) is 17.0. The molecule has 0 atom stereocenters. The molecule has 3 aromatic rings. The van der Waals surface area contributed by atoms with Crippen molar-refractivity contribution >= 4 is 33.5 Å². The monoisotopic (exact) mass is 397 g/mol. The van der Waals surface area contributed by atoms with E-state index in [4.69, 9.17) is 0 Å². The highest BCUT2D eigenvalue weighted by Gasteiger charge is 2.12. The van der Waals surface area contributed by atoms with Crippen molar-refractivity contribution in [2.75, 3.05) is 17.3 Å².